The van der Waals surface area contributed by atoms with E-state index >= 15 is 0 Å². The van der Waals surface area contributed by atoms with Crippen molar-refractivity contribution >= 4 is 18.0 Å². The van der Waals surface area contributed by atoms with Gasteiger partial charge in [-0.1, -0.05) is 37.3 Å². The number of alkyl halides is 3. The minimum atomic E-state index is -4.39. The number of aliphatic hydroxyl groups is 1. The van der Waals surface area contributed by atoms with Gasteiger partial charge in [0.15, 0.2) is 0 Å². The molecule has 0 saturated heterocycles. The number of hydrogen-bond acceptors (Lipinski definition) is 5. The van der Waals surface area contributed by atoms with Crippen LogP contribution < -0.4 is 5.32 Å². The molecule has 3 atom stereocenters. The largest absolute Gasteiger partial charge is 0.444 e. The maximum absolute atomic E-state index is 13.2. The van der Waals surface area contributed by atoms with Crippen LogP contribution in [-0.2, 0) is 23.8 Å². The summed E-state index contributed by atoms with van der Waals surface area (Å²) >= 11 is 1.34. The number of ether oxygens (including phenoxy) is 1. The Morgan fingerprint density at radius 3 is 2.51 bits per heavy atom. The topological polar surface area (TPSA) is 61.8 Å². The number of fused-ring (bicyclic) bond motifs is 1. The van der Waals surface area contributed by atoms with Crippen LogP contribution in [0.1, 0.15) is 44.4 Å². The number of benzene rings is 2. The molecule has 0 spiro atoms. The molecule has 35 heavy (non-hydrogen) atoms. The Hall–Kier alpha value is -2.23. The monoisotopic (exact) mass is 510 g/mol. The Morgan fingerprint density at radius 2 is 1.89 bits per heavy atom. The third kappa shape index (κ3) is 8.44. The first-order valence-electron chi connectivity index (χ1n) is 11.6. The van der Waals surface area contributed by atoms with E-state index in [1.807, 2.05) is 41.6 Å². The van der Waals surface area contributed by atoms with E-state index in [1.165, 1.54) is 24.1 Å². The van der Waals surface area contributed by atoms with E-state index in [9.17, 15) is 23.1 Å². The van der Waals surface area contributed by atoms with Crippen molar-refractivity contribution in [1.29, 1.82) is 0 Å². The van der Waals surface area contributed by atoms with E-state index < -0.39 is 35.6 Å². The maximum Gasteiger partial charge on any atom is 0.416 e. The number of nitrogens with one attached hydrogen (secondary N) is 1. The summed E-state index contributed by atoms with van der Waals surface area (Å²) in [6, 6.07) is 12.7. The number of β-amino-alcohol motifs (C(OH)–C–C–N with tert-alkyl or cyclic N) is 1. The molecule has 2 aromatic rings. The minimum Gasteiger partial charge on any atom is -0.444 e. The first kappa shape index (κ1) is 27.4. The van der Waals surface area contributed by atoms with Crippen molar-refractivity contribution in [3.05, 3.63) is 65.2 Å². The zero-order chi connectivity index (χ0) is 25.8. The van der Waals surface area contributed by atoms with Crippen LogP contribution in [0.4, 0.5) is 18.0 Å². The highest BCUT2D eigenvalue weighted by Crippen LogP contribution is 2.37. The van der Waals surface area contributed by atoms with E-state index in [-0.39, 0.29) is 12.5 Å². The van der Waals surface area contributed by atoms with Crippen molar-refractivity contribution in [3.8, 4) is 0 Å². The fraction of sp³-hybridized carbons (Fsp3) is 0.500. The van der Waals surface area contributed by atoms with Crippen LogP contribution in [0, 0.1) is 5.92 Å². The van der Waals surface area contributed by atoms with Gasteiger partial charge in [0.05, 0.1) is 17.7 Å². The van der Waals surface area contributed by atoms with E-state index in [1.54, 1.807) is 20.8 Å². The Labute approximate surface area is 209 Å². The third-order valence-corrected chi connectivity index (χ3v) is 6.71. The molecule has 3 rings (SSSR count). The van der Waals surface area contributed by atoms with Gasteiger partial charge in [-0.15, -0.1) is 0 Å². The van der Waals surface area contributed by atoms with Crippen molar-refractivity contribution in [2.45, 2.75) is 69.4 Å². The molecule has 1 aliphatic rings. The Kier molecular flexibility index (Phi) is 8.77. The Bertz CT molecular complexity index is 996. The number of carbonyl (C=O) groups excluding carboxylic acids is 1. The molecule has 0 aromatic heterocycles. The summed E-state index contributed by atoms with van der Waals surface area (Å²) < 4.78 is 46.9. The molecule has 2 N–H and O–H groups in total. The number of carbonyl (C=O) groups is 1. The van der Waals surface area contributed by atoms with Crippen LogP contribution in [-0.4, -0.2) is 46.3 Å². The van der Waals surface area contributed by atoms with Gasteiger partial charge in [0, 0.05) is 18.0 Å². The van der Waals surface area contributed by atoms with E-state index in [0.29, 0.717) is 24.9 Å². The highest BCUT2D eigenvalue weighted by Gasteiger charge is 2.33. The highest BCUT2D eigenvalue weighted by molar-refractivity contribution is 7.97. The summed E-state index contributed by atoms with van der Waals surface area (Å²) in [6.07, 6.45) is -5.01. The smallest absolute Gasteiger partial charge is 0.416 e. The van der Waals surface area contributed by atoms with Gasteiger partial charge in [0.1, 0.15) is 5.60 Å². The van der Waals surface area contributed by atoms with E-state index in [0.717, 1.165) is 16.5 Å². The number of aliphatic hydroxyl groups excluding tert-OH is 1. The van der Waals surface area contributed by atoms with Gasteiger partial charge in [-0.05, 0) is 80.8 Å². The van der Waals surface area contributed by atoms with Crippen molar-refractivity contribution in [3.63, 3.8) is 0 Å². The van der Waals surface area contributed by atoms with E-state index in [2.05, 4.69) is 5.32 Å². The molecule has 1 amide bonds. The highest BCUT2D eigenvalue weighted by atomic mass is 32.2. The van der Waals surface area contributed by atoms with Crippen molar-refractivity contribution < 1.29 is 27.8 Å². The van der Waals surface area contributed by atoms with Crippen LogP contribution in [0.2, 0.25) is 0 Å². The maximum atomic E-state index is 13.2. The number of alkyl carbamates (subject to hydrolysis) is 1. The number of hydrogen-bond donors (Lipinski definition) is 2. The lowest BCUT2D eigenvalue weighted by molar-refractivity contribution is -0.137. The minimum absolute atomic E-state index is 0.0887. The predicted octanol–water partition coefficient (Wildman–Crippen LogP) is 5.70. The summed E-state index contributed by atoms with van der Waals surface area (Å²) in [5, 5.41) is 14.0. The second-order valence-corrected chi connectivity index (χ2v) is 11.2. The summed E-state index contributed by atoms with van der Waals surface area (Å²) in [7, 11) is 0. The fourth-order valence-corrected chi connectivity index (χ4v) is 5.25. The normalized spacial score (nSPS) is 18.8. The molecule has 5 nitrogen and oxygen atoms in total. The molecule has 192 valence electrons. The molecule has 0 saturated carbocycles. The zero-order valence-corrected chi connectivity index (χ0v) is 21.2. The molecule has 0 aliphatic carbocycles. The molecular formula is C26H33F3N2O3S. The van der Waals surface area contributed by atoms with Crippen LogP contribution in [0.25, 0.3) is 0 Å². The van der Waals surface area contributed by atoms with Crippen molar-refractivity contribution in [2.24, 2.45) is 5.92 Å². The lowest BCUT2D eigenvalue weighted by atomic mass is 9.98. The molecule has 0 radical (unpaired) electrons. The number of halogens is 3. The predicted molar refractivity (Wildman–Crippen MR) is 131 cm³/mol. The van der Waals surface area contributed by atoms with Gasteiger partial charge in [-0.2, -0.15) is 13.2 Å². The standard InChI is InChI=1S/C26H33F3N2O3S/c1-17-12-19-14-20(26(27,28)29)10-11-23(19)35-31(15-17)16-22(32)21(13-18-8-6-5-7-9-18)30-24(33)34-25(2,3)4/h5-11,14,17,21-22,32H,12-13,15-16H2,1-4H3,(H,30,33)/t17-,21?,22+/m0/s1. The average Bonchev–Trinajstić information content (AvgIpc) is 2.88. The molecular weight excluding hydrogens is 477 g/mol. The first-order valence-corrected chi connectivity index (χ1v) is 12.4. The van der Waals surface area contributed by atoms with Crippen LogP contribution in [0.3, 0.4) is 0 Å². The third-order valence-electron chi connectivity index (χ3n) is 5.55. The van der Waals surface area contributed by atoms with Gasteiger partial charge in [-0.25, -0.2) is 9.10 Å². The summed E-state index contributed by atoms with van der Waals surface area (Å²) in [5.74, 6) is 0.0887. The second kappa shape index (κ2) is 11.2. The SMILES string of the molecule is C[C@H]1Cc2cc(C(F)(F)F)ccc2SN(C[C@@H](O)C(Cc2ccccc2)NC(=O)OC(C)(C)C)C1. The van der Waals surface area contributed by atoms with E-state index in [4.69, 9.17) is 4.74 Å². The van der Waals surface area contributed by atoms with Crippen molar-refractivity contribution in [1.82, 2.24) is 9.62 Å². The number of rotatable bonds is 6. The lowest BCUT2D eigenvalue weighted by Gasteiger charge is -2.30. The quantitative estimate of drug-likeness (QED) is 0.488. The van der Waals surface area contributed by atoms with Gasteiger partial charge in [0.25, 0.3) is 0 Å². The summed E-state index contributed by atoms with van der Waals surface area (Å²) in [6.45, 7) is 8.10. The Balaban J connectivity index is 1.76. The van der Waals surface area contributed by atoms with Crippen LogP contribution in [0.15, 0.2) is 53.4 Å². The second-order valence-electron chi connectivity index (χ2n) is 10.1. The zero-order valence-electron chi connectivity index (χ0n) is 20.4. The average molecular weight is 511 g/mol. The lowest BCUT2D eigenvalue weighted by Crippen LogP contribution is -2.50. The van der Waals surface area contributed by atoms with Crippen LogP contribution in [0.5, 0.6) is 0 Å². The Morgan fingerprint density at radius 1 is 1.20 bits per heavy atom. The molecule has 9 heteroatoms. The van der Waals surface area contributed by atoms with Crippen molar-refractivity contribution in [2.75, 3.05) is 13.1 Å². The summed E-state index contributed by atoms with van der Waals surface area (Å²) in [5.41, 5.74) is 0.278. The first-order chi connectivity index (χ1) is 16.3. The number of nitrogens with zero attached hydrogens (tertiary/aromatic N) is 1. The van der Waals surface area contributed by atoms with Crippen LogP contribution >= 0.6 is 11.9 Å². The number of amides is 1. The molecule has 0 bridgehead atoms. The summed E-state index contributed by atoms with van der Waals surface area (Å²) in [4.78, 5) is 13.2. The molecule has 2 aromatic carbocycles. The fourth-order valence-electron chi connectivity index (χ4n) is 4.03. The van der Waals surface area contributed by atoms with Gasteiger partial charge < -0.3 is 15.2 Å². The van der Waals surface area contributed by atoms with Gasteiger partial charge in [-0.3, -0.25) is 0 Å². The van der Waals surface area contributed by atoms with Gasteiger partial charge in [0.2, 0.25) is 0 Å². The molecule has 1 aliphatic heterocycles. The van der Waals surface area contributed by atoms with Gasteiger partial charge >= 0.3 is 12.3 Å². The molecule has 1 heterocycles. The molecule has 1 unspecified atom stereocenters. The molecule has 0 fully saturated rings.